The molecule has 1 aromatic carbocycles. The number of benzene rings is 1. The second-order valence-corrected chi connectivity index (χ2v) is 4.08. The summed E-state index contributed by atoms with van der Waals surface area (Å²) < 4.78 is 9.86. The van der Waals surface area contributed by atoms with Crippen LogP contribution in [0.25, 0.3) is 0 Å². The van der Waals surface area contributed by atoms with Crippen LogP contribution in [0.15, 0.2) is 24.3 Å². The van der Waals surface area contributed by atoms with Gasteiger partial charge in [-0.15, -0.1) is 0 Å². The largest absolute Gasteiger partial charge is 0.497 e. The van der Waals surface area contributed by atoms with Crippen LogP contribution in [0.2, 0.25) is 0 Å². The average Bonchev–Trinajstić information content (AvgIpc) is 2.39. The number of methoxy groups -OCH3 is 1. The molecule has 0 spiro atoms. The second-order valence-electron chi connectivity index (χ2n) is 4.08. The maximum absolute atomic E-state index is 11.8. The molecule has 0 heterocycles. The highest BCUT2D eigenvalue weighted by atomic mass is 16.5. The number of carbonyl (C=O) groups is 2. The smallest absolute Gasteiger partial charge is 0.315 e. The van der Waals surface area contributed by atoms with Crippen molar-refractivity contribution >= 4 is 11.9 Å². The van der Waals surface area contributed by atoms with Crippen LogP contribution in [0.3, 0.4) is 0 Å². The quantitative estimate of drug-likeness (QED) is 0.579. The number of carbonyl (C=O) groups excluding carboxylic acids is 2. The molecule has 0 saturated carbocycles. The van der Waals surface area contributed by atoms with Crippen molar-refractivity contribution in [3.8, 4) is 5.75 Å². The molecule has 19 heavy (non-hydrogen) atoms. The molecule has 0 aliphatic heterocycles. The molecule has 0 radical (unpaired) electrons. The summed E-state index contributed by atoms with van der Waals surface area (Å²) >= 11 is 0. The highest BCUT2D eigenvalue weighted by Crippen LogP contribution is 2.14. The Balaban J connectivity index is 2.55. The Morgan fingerprint density at radius 2 is 2.05 bits per heavy atom. The summed E-state index contributed by atoms with van der Waals surface area (Å²) in [6.45, 7) is 2.42. The summed E-state index contributed by atoms with van der Waals surface area (Å²) in [7, 11) is 3.25. The lowest BCUT2D eigenvalue weighted by Gasteiger charge is -2.17. The molecule has 0 unspecified atom stereocenters. The predicted molar refractivity (Wildman–Crippen MR) is 70.7 cm³/mol. The zero-order valence-electron chi connectivity index (χ0n) is 11.5. The first-order valence-corrected chi connectivity index (χ1v) is 6.09. The number of esters is 1. The highest BCUT2D eigenvalue weighted by Gasteiger charge is 2.15. The predicted octanol–water partition coefficient (Wildman–Crippen LogP) is 1.61. The van der Waals surface area contributed by atoms with Gasteiger partial charge in [-0.3, -0.25) is 9.59 Å². The van der Waals surface area contributed by atoms with Crippen molar-refractivity contribution in [1.82, 2.24) is 4.90 Å². The minimum atomic E-state index is -0.495. The van der Waals surface area contributed by atoms with E-state index in [1.54, 1.807) is 21.1 Å². The fourth-order valence-corrected chi connectivity index (χ4v) is 1.60. The third-order valence-corrected chi connectivity index (χ3v) is 2.58. The topological polar surface area (TPSA) is 55.8 Å². The van der Waals surface area contributed by atoms with Gasteiger partial charge in [0.05, 0.1) is 13.7 Å². The summed E-state index contributed by atoms with van der Waals surface area (Å²) in [5.74, 6) is -0.0185. The van der Waals surface area contributed by atoms with Crippen LogP contribution < -0.4 is 4.74 Å². The minimum Gasteiger partial charge on any atom is -0.497 e. The van der Waals surface area contributed by atoms with Gasteiger partial charge >= 0.3 is 5.97 Å². The Morgan fingerprint density at radius 1 is 1.32 bits per heavy atom. The van der Waals surface area contributed by atoms with Crippen molar-refractivity contribution < 1.29 is 19.1 Å². The van der Waals surface area contributed by atoms with Crippen LogP contribution in [-0.4, -0.2) is 37.5 Å². The monoisotopic (exact) mass is 265 g/mol. The number of rotatable bonds is 6. The van der Waals surface area contributed by atoms with Crippen molar-refractivity contribution in [2.24, 2.45) is 0 Å². The molecular weight excluding hydrogens is 246 g/mol. The van der Waals surface area contributed by atoms with Crippen molar-refractivity contribution in [3.05, 3.63) is 29.8 Å². The van der Waals surface area contributed by atoms with Gasteiger partial charge in [0.25, 0.3) is 0 Å². The van der Waals surface area contributed by atoms with Crippen LogP contribution in [0.5, 0.6) is 5.75 Å². The third-order valence-electron chi connectivity index (χ3n) is 2.58. The van der Waals surface area contributed by atoms with Crippen LogP contribution in [0.1, 0.15) is 18.9 Å². The van der Waals surface area contributed by atoms with E-state index in [1.807, 2.05) is 24.3 Å². The van der Waals surface area contributed by atoms with E-state index < -0.39 is 5.97 Å². The summed E-state index contributed by atoms with van der Waals surface area (Å²) in [5.41, 5.74) is 0.944. The molecule has 0 aliphatic carbocycles. The van der Waals surface area contributed by atoms with E-state index >= 15 is 0 Å². The van der Waals surface area contributed by atoms with Crippen LogP contribution in [0, 0.1) is 0 Å². The molecule has 1 rings (SSSR count). The summed E-state index contributed by atoms with van der Waals surface area (Å²) in [6.07, 6.45) is -0.228. The Hall–Kier alpha value is -2.04. The van der Waals surface area contributed by atoms with Gasteiger partial charge < -0.3 is 14.4 Å². The summed E-state index contributed by atoms with van der Waals surface area (Å²) in [4.78, 5) is 24.5. The summed E-state index contributed by atoms with van der Waals surface area (Å²) in [6, 6.07) is 7.45. The standard InChI is InChI=1S/C14H19NO4/c1-4-19-14(17)9-13(16)15(2)10-11-6-5-7-12(8-11)18-3/h5-8H,4,9-10H2,1-3H3. The van der Waals surface area contributed by atoms with Gasteiger partial charge in [0.15, 0.2) is 0 Å². The fraction of sp³-hybridized carbons (Fsp3) is 0.429. The van der Waals surface area contributed by atoms with Crippen molar-refractivity contribution in [1.29, 1.82) is 0 Å². The fourth-order valence-electron chi connectivity index (χ4n) is 1.60. The van der Waals surface area contributed by atoms with Crippen LogP contribution in [-0.2, 0) is 20.9 Å². The van der Waals surface area contributed by atoms with Gasteiger partial charge in [-0.05, 0) is 24.6 Å². The summed E-state index contributed by atoms with van der Waals surface area (Å²) in [5, 5.41) is 0. The van der Waals surface area contributed by atoms with Gasteiger partial charge in [-0.2, -0.15) is 0 Å². The molecule has 104 valence electrons. The van der Waals surface area contributed by atoms with Crippen molar-refractivity contribution in [2.45, 2.75) is 19.9 Å². The maximum atomic E-state index is 11.8. The number of ether oxygens (including phenoxy) is 2. The van der Waals surface area contributed by atoms with E-state index in [1.165, 1.54) is 4.90 Å². The molecule has 0 aromatic heterocycles. The van der Waals surface area contributed by atoms with Gasteiger partial charge in [0, 0.05) is 13.6 Å². The lowest BCUT2D eigenvalue weighted by molar-refractivity contribution is -0.148. The Bertz CT molecular complexity index is 445. The van der Waals surface area contributed by atoms with E-state index in [0.717, 1.165) is 11.3 Å². The van der Waals surface area contributed by atoms with E-state index in [-0.39, 0.29) is 18.9 Å². The van der Waals surface area contributed by atoms with Gasteiger partial charge in [-0.25, -0.2) is 0 Å². The molecule has 1 aromatic rings. The van der Waals surface area contributed by atoms with Gasteiger partial charge in [-0.1, -0.05) is 12.1 Å². The van der Waals surface area contributed by atoms with Crippen molar-refractivity contribution in [3.63, 3.8) is 0 Å². The zero-order chi connectivity index (χ0) is 14.3. The van der Waals surface area contributed by atoms with Crippen LogP contribution in [0.4, 0.5) is 0 Å². The number of hydrogen-bond acceptors (Lipinski definition) is 4. The minimum absolute atomic E-state index is 0.228. The maximum Gasteiger partial charge on any atom is 0.315 e. The normalized spacial score (nSPS) is 9.84. The lowest BCUT2D eigenvalue weighted by Crippen LogP contribution is -2.28. The molecule has 5 nitrogen and oxygen atoms in total. The number of nitrogens with zero attached hydrogens (tertiary/aromatic N) is 1. The van der Waals surface area contributed by atoms with E-state index in [4.69, 9.17) is 9.47 Å². The average molecular weight is 265 g/mol. The molecule has 0 N–H and O–H groups in total. The first kappa shape index (κ1) is 15.0. The van der Waals surface area contributed by atoms with Gasteiger partial charge in [0.1, 0.15) is 12.2 Å². The highest BCUT2D eigenvalue weighted by molar-refractivity contribution is 5.94. The third kappa shape index (κ3) is 4.99. The molecule has 0 aliphatic rings. The molecule has 0 bridgehead atoms. The van der Waals surface area contributed by atoms with E-state index in [9.17, 15) is 9.59 Å². The molecule has 0 fully saturated rings. The van der Waals surface area contributed by atoms with E-state index in [2.05, 4.69) is 0 Å². The number of amides is 1. The Morgan fingerprint density at radius 3 is 2.68 bits per heavy atom. The first-order chi connectivity index (χ1) is 9.06. The van der Waals surface area contributed by atoms with E-state index in [0.29, 0.717) is 6.54 Å². The van der Waals surface area contributed by atoms with Gasteiger partial charge in [0.2, 0.25) is 5.91 Å². The lowest BCUT2D eigenvalue weighted by atomic mass is 10.2. The Kier molecular flexibility index (Phi) is 5.85. The molecule has 5 heteroatoms. The number of hydrogen-bond donors (Lipinski definition) is 0. The molecule has 0 atom stereocenters. The zero-order valence-corrected chi connectivity index (χ0v) is 11.5. The SMILES string of the molecule is CCOC(=O)CC(=O)N(C)Cc1cccc(OC)c1. The van der Waals surface area contributed by atoms with Crippen LogP contribution >= 0.6 is 0 Å². The second kappa shape index (κ2) is 7.41. The molecule has 1 amide bonds. The molecular formula is C14H19NO4. The van der Waals surface area contributed by atoms with Crippen molar-refractivity contribution in [2.75, 3.05) is 20.8 Å². The first-order valence-electron chi connectivity index (χ1n) is 6.09. The molecule has 0 saturated heterocycles. The Labute approximate surface area is 113 Å².